The van der Waals surface area contributed by atoms with Crippen LogP contribution in [0.15, 0.2) is 12.1 Å². The lowest BCUT2D eigenvalue weighted by Gasteiger charge is -2.15. The molecule has 3 N–H and O–H groups in total. The number of likely N-dealkylation sites (tertiary alicyclic amines) is 1. The van der Waals surface area contributed by atoms with Gasteiger partial charge in [-0.25, -0.2) is 9.97 Å². The Morgan fingerprint density at radius 1 is 1.24 bits per heavy atom. The van der Waals surface area contributed by atoms with E-state index < -0.39 is 17.5 Å². The number of nitrogens with zero attached hydrogens (tertiary/aromatic N) is 5. The van der Waals surface area contributed by atoms with E-state index in [0.717, 1.165) is 25.6 Å². The van der Waals surface area contributed by atoms with Gasteiger partial charge < -0.3 is 29.7 Å². The molecule has 3 aromatic rings. The quantitative estimate of drug-likeness (QED) is 0.481. The topological polar surface area (TPSA) is 126 Å². The number of ether oxygens (including phenoxy) is 1. The molecular weight excluding hydrogens is 457 g/mol. The van der Waals surface area contributed by atoms with Crippen LogP contribution in [0.3, 0.4) is 0 Å². The fourth-order valence-corrected chi connectivity index (χ4v) is 3.91. The molecule has 1 atom stereocenters. The van der Waals surface area contributed by atoms with E-state index in [2.05, 4.69) is 25.2 Å². The Bertz CT molecular complexity index is 1170. The van der Waals surface area contributed by atoms with Crippen molar-refractivity contribution < 1.29 is 32.9 Å². The molecular formula is C21H25F3N6O4. The minimum absolute atomic E-state index is 0.190. The number of alkyl halides is 3. The van der Waals surface area contributed by atoms with Gasteiger partial charge in [0, 0.05) is 19.6 Å². The zero-order valence-electron chi connectivity index (χ0n) is 19.0. The lowest BCUT2D eigenvalue weighted by Crippen LogP contribution is -2.24. The summed E-state index contributed by atoms with van der Waals surface area (Å²) in [5.74, 6) is 0.502. The molecule has 1 fully saturated rings. The summed E-state index contributed by atoms with van der Waals surface area (Å²) < 4.78 is 46.2. The van der Waals surface area contributed by atoms with Crippen LogP contribution in [0.5, 0.6) is 11.6 Å². The second-order valence-electron chi connectivity index (χ2n) is 7.91. The number of hydrogen-bond acceptors (Lipinski definition) is 8. The molecule has 10 nitrogen and oxygen atoms in total. The number of hydrogen-bond donors (Lipinski definition) is 3. The van der Waals surface area contributed by atoms with Crippen LogP contribution >= 0.6 is 0 Å². The average molecular weight is 482 g/mol. The molecule has 0 spiro atoms. The van der Waals surface area contributed by atoms with Crippen molar-refractivity contribution in [3.63, 3.8) is 0 Å². The molecule has 1 aromatic carbocycles. The third kappa shape index (κ3) is 4.98. The summed E-state index contributed by atoms with van der Waals surface area (Å²) in [4.78, 5) is 24.1. The lowest BCUT2D eigenvalue weighted by atomic mass is 10.0. The van der Waals surface area contributed by atoms with Crippen molar-refractivity contribution in [1.82, 2.24) is 24.4 Å². The molecule has 3 heterocycles. The molecule has 13 heteroatoms. The minimum atomic E-state index is -4.56. The first-order valence-corrected chi connectivity index (χ1v) is 10.2. The number of phenolic OH excluding ortho intramolecular Hbond substituents is 1. The summed E-state index contributed by atoms with van der Waals surface area (Å²) in [6.45, 7) is 3.07. The van der Waals surface area contributed by atoms with Gasteiger partial charge in [-0.05, 0) is 44.6 Å². The summed E-state index contributed by atoms with van der Waals surface area (Å²) in [6, 6.07) is 1.88. The first-order valence-electron chi connectivity index (χ1n) is 10.2. The van der Waals surface area contributed by atoms with E-state index in [9.17, 15) is 18.3 Å². The van der Waals surface area contributed by atoms with E-state index in [1.165, 1.54) is 14.0 Å². The van der Waals surface area contributed by atoms with Gasteiger partial charge in [-0.2, -0.15) is 18.2 Å². The Balaban J connectivity index is 0.00000103. The number of halogens is 3. The van der Waals surface area contributed by atoms with Crippen LogP contribution in [0.1, 0.15) is 17.5 Å². The Hall–Kier alpha value is -3.61. The molecule has 4 rings (SSSR count). The highest BCUT2D eigenvalue weighted by atomic mass is 19.4. The van der Waals surface area contributed by atoms with E-state index in [0.29, 0.717) is 29.1 Å². The third-order valence-corrected chi connectivity index (χ3v) is 5.47. The van der Waals surface area contributed by atoms with Gasteiger partial charge in [0.15, 0.2) is 17.1 Å². The number of nitrogens with one attached hydrogen (secondary N) is 1. The van der Waals surface area contributed by atoms with Crippen molar-refractivity contribution in [2.24, 2.45) is 7.05 Å². The number of methoxy groups -OCH3 is 1. The monoisotopic (exact) mass is 482 g/mol. The number of aryl methyl sites for hydroxylation is 2. The number of benzene rings is 1. The number of carbonyl (C=O) groups is 1. The Labute approximate surface area is 193 Å². The Morgan fingerprint density at radius 3 is 2.44 bits per heavy atom. The highest BCUT2D eigenvalue weighted by Gasteiger charge is 2.33. The number of carboxylic acid groups (broad SMARTS) is 1. The number of phenols is 1. The number of likely N-dealkylation sites (N-methyl/N-ethyl adjacent to an activating group) is 1. The highest BCUT2D eigenvalue weighted by Crippen LogP contribution is 2.39. The van der Waals surface area contributed by atoms with Crippen molar-refractivity contribution in [2.45, 2.75) is 25.6 Å². The minimum Gasteiger partial charge on any atom is -0.507 e. The second kappa shape index (κ2) is 9.71. The molecule has 0 bridgehead atoms. The van der Waals surface area contributed by atoms with Gasteiger partial charge in [-0.15, -0.1) is 0 Å². The van der Waals surface area contributed by atoms with Crippen molar-refractivity contribution in [3.05, 3.63) is 23.3 Å². The summed E-state index contributed by atoms with van der Waals surface area (Å²) >= 11 is 0. The van der Waals surface area contributed by atoms with Crippen molar-refractivity contribution in [1.29, 1.82) is 0 Å². The smallest absolute Gasteiger partial charge is 0.416 e. The van der Waals surface area contributed by atoms with Crippen molar-refractivity contribution >= 4 is 23.6 Å². The van der Waals surface area contributed by atoms with Crippen LogP contribution in [0, 0.1) is 6.92 Å². The lowest BCUT2D eigenvalue weighted by molar-refractivity contribution is -0.137. The molecule has 0 aliphatic carbocycles. The molecule has 1 aliphatic rings. The van der Waals surface area contributed by atoms with E-state index in [1.54, 1.807) is 11.6 Å². The van der Waals surface area contributed by atoms with Gasteiger partial charge in [-0.3, -0.25) is 4.79 Å². The maximum atomic E-state index is 13.1. The van der Waals surface area contributed by atoms with Crippen LogP contribution in [-0.4, -0.2) is 74.4 Å². The first-order chi connectivity index (χ1) is 16.0. The molecule has 1 aliphatic heterocycles. The number of fused-ring (bicyclic) bond motifs is 1. The predicted molar refractivity (Wildman–Crippen MR) is 118 cm³/mol. The standard InChI is InChI=1S/C20H23F3N6O2.CH2O2/c1-10-7-11(20(21,22)23)8-13(30)14(10)17-26-15-18(29(17)3)27-19(31-4)16(25-15)24-12-5-6-28(2)9-12;2-1-3/h7-8,12,30H,5-6,9H2,1-4H3,(H,24,25);1H,(H,2,3)/t12-;/m1./s1. The Kier molecular flexibility index (Phi) is 7.15. The highest BCUT2D eigenvalue weighted by molar-refractivity contribution is 5.80. The SMILES string of the molecule is COc1nc2c(nc1N[C@@H]1CCN(C)C1)nc(-c1c(C)cc(C(F)(F)F)cc1O)n2C.O=CO. The van der Waals surface area contributed by atoms with Crippen LogP contribution in [0.25, 0.3) is 22.7 Å². The van der Waals surface area contributed by atoms with Gasteiger partial charge in [0.25, 0.3) is 12.4 Å². The zero-order valence-corrected chi connectivity index (χ0v) is 19.0. The number of aromatic nitrogens is 4. The van der Waals surface area contributed by atoms with Gasteiger partial charge >= 0.3 is 6.18 Å². The fraction of sp³-hybridized carbons (Fsp3) is 0.429. The average Bonchev–Trinajstić information content (AvgIpc) is 3.29. The van der Waals surface area contributed by atoms with Crippen molar-refractivity contribution in [2.75, 3.05) is 32.6 Å². The second-order valence-corrected chi connectivity index (χ2v) is 7.91. The maximum absolute atomic E-state index is 13.1. The van der Waals surface area contributed by atoms with Crippen LogP contribution in [-0.2, 0) is 18.0 Å². The Morgan fingerprint density at radius 2 is 1.91 bits per heavy atom. The van der Waals surface area contributed by atoms with Gasteiger partial charge in [0.05, 0.1) is 18.2 Å². The van der Waals surface area contributed by atoms with E-state index in [-0.39, 0.29) is 29.5 Å². The van der Waals surface area contributed by atoms with Gasteiger partial charge in [0.1, 0.15) is 11.6 Å². The van der Waals surface area contributed by atoms with Gasteiger partial charge in [0.2, 0.25) is 0 Å². The molecule has 1 saturated heterocycles. The molecule has 0 unspecified atom stereocenters. The van der Waals surface area contributed by atoms with Crippen LogP contribution in [0.2, 0.25) is 0 Å². The molecule has 2 aromatic heterocycles. The maximum Gasteiger partial charge on any atom is 0.416 e. The summed E-state index contributed by atoms with van der Waals surface area (Å²) in [5, 5.41) is 20.6. The number of imidazole rings is 1. The summed E-state index contributed by atoms with van der Waals surface area (Å²) in [6.07, 6.45) is -3.61. The molecule has 0 amide bonds. The zero-order chi connectivity index (χ0) is 25.2. The molecule has 0 saturated carbocycles. The summed E-state index contributed by atoms with van der Waals surface area (Å²) in [5.41, 5.74) is 0.202. The van der Waals surface area contributed by atoms with Crippen LogP contribution in [0.4, 0.5) is 19.0 Å². The first kappa shape index (κ1) is 25.0. The summed E-state index contributed by atoms with van der Waals surface area (Å²) in [7, 11) is 5.19. The predicted octanol–water partition coefficient (Wildman–Crippen LogP) is 2.89. The largest absolute Gasteiger partial charge is 0.507 e. The van der Waals surface area contributed by atoms with Crippen LogP contribution < -0.4 is 10.1 Å². The molecule has 184 valence electrons. The number of rotatable bonds is 4. The van der Waals surface area contributed by atoms with E-state index in [1.807, 2.05) is 7.05 Å². The van der Waals surface area contributed by atoms with Gasteiger partial charge in [-0.1, -0.05) is 0 Å². The third-order valence-electron chi connectivity index (χ3n) is 5.47. The molecule has 0 radical (unpaired) electrons. The molecule has 34 heavy (non-hydrogen) atoms. The normalized spacial score (nSPS) is 16.3. The van der Waals surface area contributed by atoms with Crippen molar-refractivity contribution in [3.8, 4) is 23.0 Å². The van der Waals surface area contributed by atoms with E-state index in [4.69, 9.17) is 14.6 Å². The number of aromatic hydroxyl groups is 1. The van der Waals surface area contributed by atoms with E-state index >= 15 is 0 Å². The number of anilines is 1. The fourth-order valence-electron chi connectivity index (χ4n) is 3.91.